The number of nitrogens with one attached hydrogen (secondary N) is 1. The van der Waals surface area contributed by atoms with E-state index in [1.165, 1.54) is 17.4 Å². The second-order valence-corrected chi connectivity index (χ2v) is 9.77. The molecule has 0 radical (unpaired) electrons. The molecular weight excluding hydrogens is 448 g/mol. The van der Waals surface area contributed by atoms with Gasteiger partial charge in [0.15, 0.2) is 0 Å². The highest BCUT2D eigenvalue weighted by molar-refractivity contribution is 7.17. The van der Waals surface area contributed by atoms with Crippen LogP contribution in [0.1, 0.15) is 58.5 Å². The molecule has 2 aliphatic rings. The number of carboxylic acid groups (broad SMARTS) is 1. The van der Waals surface area contributed by atoms with Crippen molar-refractivity contribution in [3.8, 4) is 0 Å². The molecule has 4 rings (SSSR count). The summed E-state index contributed by atoms with van der Waals surface area (Å²) < 4.78 is 0. The molecule has 1 aromatic heterocycles. The molecule has 0 atom stereocenters. The number of thiophene rings is 1. The molecule has 1 aromatic carbocycles. The number of benzene rings is 1. The van der Waals surface area contributed by atoms with Crippen molar-refractivity contribution in [1.29, 1.82) is 0 Å². The number of aromatic carboxylic acids is 1. The average Bonchev–Trinajstić information content (AvgIpc) is 3.16. The lowest BCUT2D eigenvalue weighted by Gasteiger charge is -2.26. The summed E-state index contributed by atoms with van der Waals surface area (Å²) in [6, 6.07) is 7.20. The molecule has 1 saturated carbocycles. The zero-order chi connectivity index (χ0) is 22.7. The van der Waals surface area contributed by atoms with Crippen molar-refractivity contribution in [3.63, 3.8) is 0 Å². The number of carboxylic acids is 1. The maximum atomic E-state index is 12.7. The minimum Gasteiger partial charge on any atom is -0.478 e. The highest BCUT2D eigenvalue weighted by atomic mass is 35.5. The van der Waals surface area contributed by atoms with Crippen molar-refractivity contribution in [3.05, 3.63) is 56.9 Å². The molecule has 0 saturated heterocycles. The topological polar surface area (TPSA) is 86.7 Å². The van der Waals surface area contributed by atoms with E-state index >= 15 is 0 Å². The molecule has 32 heavy (non-hydrogen) atoms. The third kappa shape index (κ3) is 5.05. The van der Waals surface area contributed by atoms with Gasteiger partial charge in [0.05, 0.1) is 12.1 Å². The summed E-state index contributed by atoms with van der Waals surface area (Å²) in [7, 11) is 0. The predicted octanol–water partition coefficient (Wildman–Crippen LogP) is 5.22. The Morgan fingerprint density at radius 1 is 1.12 bits per heavy atom. The number of hydrogen-bond donors (Lipinski definition) is 2. The van der Waals surface area contributed by atoms with Crippen LogP contribution in [0.5, 0.6) is 0 Å². The van der Waals surface area contributed by atoms with Crippen molar-refractivity contribution < 1.29 is 19.5 Å². The highest BCUT2D eigenvalue weighted by Crippen LogP contribution is 2.38. The van der Waals surface area contributed by atoms with Crippen LogP contribution in [-0.4, -0.2) is 34.3 Å². The Hall–Kier alpha value is -2.64. The van der Waals surface area contributed by atoms with Crippen LogP contribution in [0.4, 0.5) is 5.00 Å². The van der Waals surface area contributed by atoms with Crippen LogP contribution < -0.4 is 5.32 Å². The summed E-state index contributed by atoms with van der Waals surface area (Å²) in [6.07, 6.45) is 8.62. The minimum atomic E-state index is -1.04. The van der Waals surface area contributed by atoms with Gasteiger partial charge in [0.1, 0.15) is 5.00 Å². The molecule has 0 bridgehead atoms. The van der Waals surface area contributed by atoms with Gasteiger partial charge in [-0.15, -0.1) is 11.3 Å². The van der Waals surface area contributed by atoms with Gasteiger partial charge in [-0.2, -0.15) is 0 Å². The fourth-order valence-corrected chi connectivity index (χ4v) is 5.72. The number of carbonyl (C=O) groups is 3. The molecule has 0 spiro atoms. The molecule has 1 aliphatic heterocycles. The fraction of sp³-hybridized carbons (Fsp3) is 0.375. The second kappa shape index (κ2) is 9.88. The van der Waals surface area contributed by atoms with Gasteiger partial charge in [0.2, 0.25) is 11.8 Å². The van der Waals surface area contributed by atoms with Gasteiger partial charge in [-0.05, 0) is 48.6 Å². The lowest BCUT2D eigenvalue weighted by Crippen LogP contribution is -2.34. The van der Waals surface area contributed by atoms with Crippen molar-refractivity contribution in [2.24, 2.45) is 5.92 Å². The Balaban J connectivity index is 1.48. The Bertz CT molecular complexity index is 1050. The molecule has 168 valence electrons. The third-order valence-electron chi connectivity index (χ3n) is 6.08. The number of anilines is 1. The Morgan fingerprint density at radius 2 is 1.84 bits per heavy atom. The minimum absolute atomic E-state index is 0.0550. The normalized spacial score (nSPS) is 16.7. The van der Waals surface area contributed by atoms with Gasteiger partial charge < -0.3 is 15.3 Å². The van der Waals surface area contributed by atoms with Crippen molar-refractivity contribution in [2.45, 2.75) is 45.1 Å². The van der Waals surface area contributed by atoms with Crippen LogP contribution in [0, 0.1) is 5.92 Å². The second-order valence-electron chi connectivity index (χ2n) is 8.23. The quantitative estimate of drug-likeness (QED) is 0.584. The summed E-state index contributed by atoms with van der Waals surface area (Å²) in [4.78, 5) is 39.9. The first-order valence-electron chi connectivity index (χ1n) is 10.8. The van der Waals surface area contributed by atoms with E-state index in [2.05, 4.69) is 5.32 Å². The van der Waals surface area contributed by atoms with E-state index in [0.717, 1.165) is 48.1 Å². The first-order chi connectivity index (χ1) is 15.4. The number of hydrogen-bond acceptors (Lipinski definition) is 4. The summed E-state index contributed by atoms with van der Waals surface area (Å²) in [6.45, 7) is 0.771. The van der Waals surface area contributed by atoms with Crippen molar-refractivity contribution in [1.82, 2.24) is 4.90 Å². The number of amides is 2. The monoisotopic (exact) mass is 472 g/mol. The first-order valence-corrected chi connectivity index (χ1v) is 12.0. The van der Waals surface area contributed by atoms with Crippen LogP contribution in [0.15, 0.2) is 30.3 Å². The summed E-state index contributed by atoms with van der Waals surface area (Å²) >= 11 is 7.16. The number of rotatable bonds is 5. The maximum Gasteiger partial charge on any atom is 0.339 e. The van der Waals surface area contributed by atoms with Crippen LogP contribution in [0.3, 0.4) is 0 Å². The molecule has 2 amide bonds. The molecular formula is C24H25ClN2O4S. The highest BCUT2D eigenvalue weighted by Gasteiger charge is 2.31. The van der Waals surface area contributed by atoms with Gasteiger partial charge in [0.25, 0.3) is 0 Å². The lowest BCUT2D eigenvalue weighted by atomic mass is 9.88. The molecule has 8 heteroatoms. The van der Waals surface area contributed by atoms with Crippen LogP contribution in [0.25, 0.3) is 6.08 Å². The number of halogens is 1. The van der Waals surface area contributed by atoms with Gasteiger partial charge in [-0.1, -0.05) is 43.0 Å². The standard InChI is InChI=1S/C24H25ClN2O4S/c25-17-9-6-15(7-10-17)8-11-20(28)27-13-12-18-19(14-27)32-23(21(18)24(30)31)26-22(29)16-4-2-1-3-5-16/h6-11,16H,1-5,12-14H2,(H,26,29)(H,30,31). The number of nitrogens with zero attached hydrogens (tertiary/aromatic N) is 1. The third-order valence-corrected chi connectivity index (χ3v) is 7.47. The van der Waals surface area contributed by atoms with Crippen LogP contribution in [0.2, 0.25) is 5.02 Å². The molecule has 1 aliphatic carbocycles. The van der Waals surface area contributed by atoms with E-state index in [4.69, 9.17) is 11.6 Å². The molecule has 1 fully saturated rings. The maximum absolute atomic E-state index is 12.7. The van der Waals surface area contributed by atoms with E-state index in [1.807, 2.05) is 12.1 Å². The Labute approximate surface area is 195 Å². The predicted molar refractivity (Wildman–Crippen MR) is 126 cm³/mol. The SMILES string of the molecule is O=C(O)c1c(NC(=O)C2CCCCC2)sc2c1CCN(C(=O)C=Cc1ccc(Cl)cc1)C2. The van der Waals surface area contributed by atoms with E-state index in [1.54, 1.807) is 23.1 Å². The number of fused-ring (bicyclic) bond motifs is 1. The molecule has 0 unspecified atom stereocenters. The van der Waals surface area contributed by atoms with Crippen LogP contribution in [-0.2, 0) is 22.6 Å². The van der Waals surface area contributed by atoms with Gasteiger partial charge >= 0.3 is 5.97 Å². The molecule has 6 nitrogen and oxygen atoms in total. The Kier molecular flexibility index (Phi) is 6.96. The van der Waals surface area contributed by atoms with E-state index in [0.29, 0.717) is 29.5 Å². The lowest BCUT2D eigenvalue weighted by molar-refractivity contribution is -0.126. The summed E-state index contributed by atoms with van der Waals surface area (Å²) in [5.41, 5.74) is 1.78. The smallest absolute Gasteiger partial charge is 0.339 e. The average molecular weight is 473 g/mol. The number of carbonyl (C=O) groups excluding carboxylic acids is 2. The zero-order valence-corrected chi connectivity index (χ0v) is 19.2. The fourth-order valence-electron chi connectivity index (χ4n) is 4.33. The van der Waals surface area contributed by atoms with Crippen molar-refractivity contribution in [2.75, 3.05) is 11.9 Å². The summed E-state index contributed by atoms with van der Waals surface area (Å²) in [5, 5.41) is 13.7. The van der Waals surface area contributed by atoms with Gasteiger partial charge in [0, 0.05) is 28.4 Å². The van der Waals surface area contributed by atoms with Crippen LogP contribution >= 0.6 is 22.9 Å². The molecule has 2 aromatic rings. The molecule has 2 heterocycles. The Morgan fingerprint density at radius 3 is 2.53 bits per heavy atom. The van der Waals surface area contributed by atoms with Gasteiger partial charge in [-0.25, -0.2) is 4.79 Å². The molecule has 2 N–H and O–H groups in total. The first kappa shape index (κ1) is 22.6. The van der Waals surface area contributed by atoms with E-state index in [-0.39, 0.29) is 23.3 Å². The zero-order valence-electron chi connectivity index (χ0n) is 17.6. The van der Waals surface area contributed by atoms with Crippen molar-refractivity contribution >= 4 is 51.8 Å². The largest absolute Gasteiger partial charge is 0.478 e. The summed E-state index contributed by atoms with van der Waals surface area (Å²) in [5.74, 6) is -1.32. The van der Waals surface area contributed by atoms with E-state index in [9.17, 15) is 19.5 Å². The van der Waals surface area contributed by atoms with E-state index < -0.39 is 5.97 Å². The van der Waals surface area contributed by atoms with Gasteiger partial charge in [-0.3, -0.25) is 9.59 Å².